The molecule has 0 radical (unpaired) electrons. The maximum Gasteiger partial charge on any atom is 0.467 e. The summed E-state index contributed by atoms with van der Waals surface area (Å²) < 4.78 is 192. The Bertz CT molecular complexity index is 586. The Morgan fingerprint density at radius 3 is 1.19 bits per heavy atom. The van der Waals surface area contributed by atoms with E-state index in [1.165, 1.54) is 0 Å². The number of esters is 1. The molecule has 0 rings (SSSR count). The Kier molecular flexibility index (Phi) is 5.92. The van der Waals surface area contributed by atoms with Crippen molar-refractivity contribution in [2.75, 3.05) is 0 Å². The fraction of sp³-hybridized carbons (Fsp3) is 0.700. The molecule has 1 atom stereocenters. The summed E-state index contributed by atoms with van der Waals surface area (Å²) in [4.78, 5) is 10.5. The minimum absolute atomic E-state index is 0.559. The molecule has 0 N–H and O–H groups in total. The lowest BCUT2D eigenvalue weighted by molar-refractivity contribution is -0.471. The lowest BCUT2D eigenvalue weighted by Gasteiger charge is -2.41. The van der Waals surface area contributed by atoms with Gasteiger partial charge in [-0.15, -0.1) is 0 Å². The molecule has 2 nitrogen and oxygen atoms in total. The van der Waals surface area contributed by atoms with Crippen LogP contribution in [0.25, 0.3) is 0 Å². The van der Waals surface area contributed by atoms with Gasteiger partial charge in [0.15, 0.2) is 0 Å². The number of halogens is 15. The van der Waals surface area contributed by atoms with Crippen molar-refractivity contribution in [2.24, 2.45) is 0 Å². The lowest BCUT2D eigenvalue weighted by atomic mass is 9.93. The van der Waals surface area contributed by atoms with E-state index in [2.05, 4.69) is 11.3 Å². The normalized spacial score (nSPS) is 17.3. The molecule has 0 saturated heterocycles. The van der Waals surface area contributed by atoms with Crippen LogP contribution < -0.4 is 0 Å². The van der Waals surface area contributed by atoms with Crippen molar-refractivity contribution in [3.63, 3.8) is 0 Å². The highest BCUT2D eigenvalue weighted by Gasteiger charge is 2.94. The van der Waals surface area contributed by atoms with Crippen LogP contribution in [0.5, 0.6) is 0 Å². The van der Waals surface area contributed by atoms with Crippen molar-refractivity contribution >= 4 is 5.97 Å². The van der Waals surface area contributed by atoms with Crippen molar-refractivity contribution in [3.05, 3.63) is 12.7 Å². The van der Waals surface area contributed by atoms with Gasteiger partial charge in [-0.2, -0.15) is 65.9 Å². The van der Waals surface area contributed by atoms with Crippen LogP contribution in [0.2, 0.25) is 0 Å². The van der Waals surface area contributed by atoms with Gasteiger partial charge >= 0.3 is 47.9 Å². The standard InChI is InChI=1S/C10H3F15O2/c1-2-3(26)27-8(19,10(23,24)25)6(15,16)4(11,12)5(13,14)7(17,18)9(20,21)22/h2H,1H2. The number of ether oxygens (including phenoxy) is 1. The second kappa shape index (κ2) is 6.35. The Labute approximate surface area is 137 Å². The van der Waals surface area contributed by atoms with E-state index >= 15 is 0 Å². The molecule has 0 heterocycles. The molecule has 27 heavy (non-hydrogen) atoms. The van der Waals surface area contributed by atoms with Gasteiger partial charge in [-0.25, -0.2) is 4.79 Å². The first kappa shape index (κ1) is 25.2. The molecule has 0 fully saturated rings. The van der Waals surface area contributed by atoms with Crippen LogP contribution >= 0.6 is 0 Å². The molecule has 0 bridgehead atoms. The van der Waals surface area contributed by atoms with Crippen LogP contribution in [0.3, 0.4) is 0 Å². The first-order valence-electron chi connectivity index (χ1n) is 5.64. The summed E-state index contributed by atoms with van der Waals surface area (Å²) in [5.41, 5.74) is 0. The zero-order valence-electron chi connectivity index (χ0n) is 11.8. The summed E-state index contributed by atoms with van der Waals surface area (Å²) in [5.74, 6) is -43.3. The molecule has 0 aliphatic heterocycles. The minimum atomic E-state index is -8.38. The summed E-state index contributed by atoms with van der Waals surface area (Å²) in [6.07, 6.45) is -15.7. The number of carbonyl (C=O) groups is 1. The van der Waals surface area contributed by atoms with E-state index < -0.39 is 53.9 Å². The smallest absolute Gasteiger partial charge is 0.411 e. The second-order valence-corrected chi connectivity index (χ2v) is 4.51. The van der Waals surface area contributed by atoms with Gasteiger partial charge in [0, 0.05) is 6.08 Å². The molecule has 17 heteroatoms. The third-order valence-electron chi connectivity index (χ3n) is 2.72. The zero-order valence-corrected chi connectivity index (χ0v) is 11.8. The van der Waals surface area contributed by atoms with Crippen molar-refractivity contribution < 1.29 is 75.4 Å². The van der Waals surface area contributed by atoms with Crippen molar-refractivity contribution in [3.8, 4) is 0 Å². The van der Waals surface area contributed by atoms with Crippen LogP contribution in [0.15, 0.2) is 12.7 Å². The maximum atomic E-state index is 13.5. The van der Waals surface area contributed by atoms with E-state index in [9.17, 15) is 70.7 Å². The number of hydrogen-bond donors (Lipinski definition) is 0. The van der Waals surface area contributed by atoms with Crippen LogP contribution in [0.1, 0.15) is 0 Å². The molecule has 0 aromatic rings. The quantitative estimate of drug-likeness (QED) is 0.329. The highest BCUT2D eigenvalue weighted by molar-refractivity contribution is 5.81. The van der Waals surface area contributed by atoms with Gasteiger partial charge in [-0.1, -0.05) is 6.58 Å². The summed E-state index contributed by atoms with van der Waals surface area (Å²) >= 11 is 0. The second-order valence-electron chi connectivity index (χ2n) is 4.51. The summed E-state index contributed by atoms with van der Waals surface area (Å²) in [5, 5.41) is 0. The van der Waals surface area contributed by atoms with E-state index in [-0.39, 0.29) is 0 Å². The van der Waals surface area contributed by atoms with Gasteiger partial charge in [0.25, 0.3) is 0 Å². The molecule has 0 aliphatic carbocycles. The Balaban J connectivity index is 6.73. The Morgan fingerprint density at radius 1 is 0.593 bits per heavy atom. The Morgan fingerprint density at radius 2 is 0.926 bits per heavy atom. The highest BCUT2D eigenvalue weighted by atomic mass is 19.4. The monoisotopic (exact) mass is 440 g/mol. The Hall–Kier alpha value is -1.84. The van der Waals surface area contributed by atoms with E-state index in [4.69, 9.17) is 0 Å². The predicted molar refractivity (Wildman–Crippen MR) is 52.0 cm³/mol. The number of alkyl halides is 15. The summed E-state index contributed by atoms with van der Waals surface area (Å²) in [6.45, 7) is 2.23. The molecule has 0 saturated carbocycles. The van der Waals surface area contributed by atoms with E-state index in [1.54, 1.807) is 0 Å². The van der Waals surface area contributed by atoms with E-state index in [1.807, 2.05) is 0 Å². The van der Waals surface area contributed by atoms with Crippen LogP contribution in [-0.2, 0) is 9.53 Å². The number of rotatable bonds is 6. The van der Waals surface area contributed by atoms with Gasteiger partial charge in [-0.3, -0.25) is 0 Å². The maximum absolute atomic E-state index is 13.5. The van der Waals surface area contributed by atoms with E-state index in [0.717, 1.165) is 0 Å². The zero-order chi connectivity index (χ0) is 22.5. The van der Waals surface area contributed by atoms with Crippen molar-refractivity contribution in [1.29, 1.82) is 0 Å². The van der Waals surface area contributed by atoms with Crippen LogP contribution in [0.4, 0.5) is 65.9 Å². The fourth-order valence-electron chi connectivity index (χ4n) is 1.25. The summed E-state index contributed by atoms with van der Waals surface area (Å²) in [6, 6.07) is 0. The van der Waals surface area contributed by atoms with Gasteiger partial charge < -0.3 is 4.74 Å². The third-order valence-corrected chi connectivity index (χ3v) is 2.72. The fourth-order valence-corrected chi connectivity index (χ4v) is 1.25. The average Bonchev–Trinajstić information content (AvgIpc) is 2.43. The molecule has 0 aromatic carbocycles. The molecule has 0 aliphatic rings. The lowest BCUT2D eigenvalue weighted by Crippen LogP contribution is -2.74. The number of carbonyl (C=O) groups excluding carboxylic acids is 1. The molecule has 160 valence electrons. The minimum Gasteiger partial charge on any atom is -0.411 e. The number of hydrogen-bond acceptors (Lipinski definition) is 2. The molecule has 0 spiro atoms. The van der Waals surface area contributed by atoms with Gasteiger partial charge in [0.2, 0.25) is 0 Å². The van der Waals surface area contributed by atoms with Gasteiger partial charge in [0.1, 0.15) is 0 Å². The van der Waals surface area contributed by atoms with E-state index in [0.29, 0.717) is 0 Å². The topological polar surface area (TPSA) is 26.3 Å². The van der Waals surface area contributed by atoms with Gasteiger partial charge in [0.05, 0.1) is 0 Å². The predicted octanol–water partition coefficient (Wildman–Crippen LogP) is 5.05. The van der Waals surface area contributed by atoms with Crippen LogP contribution in [0, 0.1) is 0 Å². The molecule has 1 unspecified atom stereocenters. The van der Waals surface area contributed by atoms with Crippen molar-refractivity contribution in [2.45, 2.75) is 41.9 Å². The molecule has 0 aromatic heterocycles. The SMILES string of the molecule is C=CC(=O)OC(F)(C(F)(F)F)C(F)(F)C(F)(F)C(F)(F)C(F)(F)C(F)(F)F. The van der Waals surface area contributed by atoms with Crippen molar-refractivity contribution in [1.82, 2.24) is 0 Å². The first-order valence-corrected chi connectivity index (χ1v) is 5.64. The van der Waals surface area contributed by atoms with Crippen LogP contribution in [-0.4, -0.2) is 47.9 Å². The molecule has 0 amide bonds. The third kappa shape index (κ3) is 3.39. The molecular weight excluding hydrogens is 437 g/mol. The average molecular weight is 440 g/mol. The largest absolute Gasteiger partial charge is 0.467 e. The molecular formula is C10H3F15O2. The highest BCUT2D eigenvalue weighted by Crippen LogP contribution is 2.62. The summed E-state index contributed by atoms with van der Waals surface area (Å²) in [7, 11) is 0. The van der Waals surface area contributed by atoms with Gasteiger partial charge in [-0.05, 0) is 0 Å². The first-order chi connectivity index (χ1) is 11.5.